The first kappa shape index (κ1) is 10.9. The van der Waals surface area contributed by atoms with E-state index in [1.807, 2.05) is 11.8 Å². The smallest absolute Gasteiger partial charge is 0.259 e. The number of nitrogen functional groups attached to an aromatic ring is 1. The summed E-state index contributed by atoms with van der Waals surface area (Å²) in [6.45, 7) is 5.77. The van der Waals surface area contributed by atoms with E-state index >= 15 is 0 Å². The van der Waals surface area contributed by atoms with Crippen molar-refractivity contribution in [3.63, 3.8) is 0 Å². The average Bonchev–Trinajstić information content (AvgIpc) is 2.70. The van der Waals surface area contributed by atoms with Gasteiger partial charge in [0.2, 0.25) is 0 Å². The van der Waals surface area contributed by atoms with Crippen LogP contribution >= 0.6 is 0 Å². The second kappa shape index (κ2) is 4.52. The first-order valence-corrected chi connectivity index (χ1v) is 5.55. The van der Waals surface area contributed by atoms with Crippen molar-refractivity contribution in [2.24, 2.45) is 0 Å². The third-order valence-electron chi connectivity index (χ3n) is 2.81. The SMILES string of the molecule is CCn1ncc(C(=O)N2CCNCC2)c1N. The minimum Gasteiger partial charge on any atom is -0.383 e. The fourth-order valence-corrected chi connectivity index (χ4v) is 1.85. The Morgan fingerprint density at radius 3 is 2.81 bits per heavy atom. The van der Waals surface area contributed by atoms with Crippen LogP contribution < -0.4 is 11.1 Å². The number of nitrogens with two attached hydrogens (primary N) is 1. The Bertz CT molecular complexity index is 381. The molecule has 16 heavy (non-hydrogen) atoms. The molecular weight excluding hydrogens is 206 g/mol. The Balaban J connectivity index is 2.16. The van der Waals surface area contributed by atoms with Crippen molar-refractivity contribution in [3.05, 3.63) is 11.8 Å². The van der Waals surface area contributed by atoms with Gasteiger partial charge in [-0.2, -0.15) is 5.10 Å². The quantitative estimate of drug-likeness (QED) is 0.710. The number of nitrogens with one attached hydrogen (secondary N) is 1. The fourth-order valence-electron chi connectivity index (χ4n) is 1.85. The molecule has 1 aromatic heterocycles. The van der Waals surface area contributed by atoms with Crippen molar-refractivity contribution >= 4 is 11.7 Å². The van der Waals surface area contributed by atoms with Crippen LogP contribution in [0.1, 0.15) is 17.3 Å². The molecule has 0 unspecified atom stereocenters. The lowest BCUT2D eigenvalue weighted by Gasteiger charge is -2.27. The Hall–Kier alpha value is -1.56. The Kier molecular flexibility index (Phi) is 3.09. The van der Waals surface area contributed by atoms with Gasteiger partial charge >= 0.3 is 0 Å². The zero-order valence-electron chi connectivity index (χ0n) is 9.44. The molecule has 6 nitrogen and oxygen atoms in total. The largest absolute Gasteiger partial charge is 0.383 e. The van der Waals surface area contributed by atoms with Crippen LogP contribution in [0, 0.1) is 0 Å². The second-order valence-electron chi connectivity index (χ2n) is 3.80. The van der Waals surface area contributed by atoms with E-state index < -0.39 is 0 Å². The zero-order chi connectivity index (χ0) is 11.5. The summed E-state index contributed by atoms with van der Waals surface area (Å²) >= 11 is 0. The maximum atomic E-state index is 12.1. The maximum absolute atomic E-state index is 12.1. The summed E-state index contributed by atoms with van der Waals surface area (Å²) in [4.78, 5) is 13.9. The van der Waals surface area contributed by atoms with Gasteiger partial charge in [-0.3, -0.25) is 4.79 Å². The fraction of sp³-hybridized carbons (Fsp3) is 0.600. The maximum Gasteiger partial charge on any atom is 0.259 e. The number of aryl methyl sites for hydroxylation is 1. The Morgan fingerprint density at radius 1 is 1.56 bits per heavy atom. The first-order chi connectivity index (χ1) is 7.74. The second-order valence-corrected chi connectivity index (χ2v) is 3.80. The van der Waals surface area contributed by atoms with Crippen LogP contribution in [0.4, 0.5) is 5.82 Å². The number of nitrogens with zero attached hydrogens (tertiary/aromatic N) is 3. The number of hydrogen-bond acceptors (Lipinski definition) is 4. The molecule has 1 fully saturated rings. The third-order valence-corrected chi connectivity index (χ3v) is 2.81. The van der Waals surface area contributed by atoms with Crippen molar-refractivity contribution in [2.75, 3.05) is 31.9 Å². The van der Waals surface area contributed by atoms with E-state index in [-0.39, 0.29) is 5.91 Å². The molecule has 1 aliphatic heterocycles. The van der Waals surface area contributed by atoms with E-state index in [0.29, 0.717) is 17.9 Å². The van der Waals surface area contributed by atoms with E-state index in [9.17, 15) is 4.79 Å². The number of carbonyl (C=O) groups excluding carboxylic acids is 1. The molecule has 1 aliphatic rings. The molecule has 1 amide bonds. The van der Waals surface area contributed by atoms with Crippen molar-refractivity contribution in [3.8, 4) is 0 Å². The summed E-state index contributed by atoms with van der Waals surface area (Å²) in [6, 6.07) is 0. The highest BCUT2D eigenvalue weighted by atomic mass is 16.2. The van der Waals surface area contributed by atoms with Gasteiger partial charge in [-0.25, -0.2) is 4.68 Å². The van der Waals surface area contributed by atoms with Crippen LogP contribution in [0.15, 0.2) is 6.20 Å². The number of anilines is 1. The van der Waals surface area contributed by atoms with Crippen molar-refractivity contribution in [2.45, 2.75) is 13.5 Å². The van der Waals surface area contributed by atoms with E-state index in [4.69, 9.17) is 5.73 Å². The van der Waals surface area contributed by atoms with Gasteiger partial charge in [-0.05, 0) is 6.92 Å². The first-order valence-electron chi connectivity index (χ1n) is 5.55. The summed E-state index contributed by atoms with van der Waals surface area (Å²) in [5, 5.41) is 7.28. The van der Waals surface area contributed by atoms with E-state index in [1.165, 1.54) is 0 Å². The molecule has 2 heterocycles. The molecule has 2 rings (SSSR count). The van der Waals surface area contributed by atoms with Crippen molar-refractivity contribution in [1.29, 1.82) is 0 Å². The molecule has 0 saturated carbocycles. The molecule has 3 N–H and O–H groups in total. The van der Waals surface area contributed by atoms with Gasteiger partial charge in [0.15, 0.2) is 0 Å². The lowest BCUT2D eigenvalue weighted by atomic mass is 10.2. The molecule has 6 heteroatoms. The highest BCUT2D eigenvalue weighted by Crippen LogP contribution is 2.14. The summed E-state index contributed by atoms with van der Waals surface area (Å²) in [5.74, 6) is 0.449. The minimum absolute atomic E-state index is 0.0151. The van der Waals surface area contributed by atoms with Crippen LogP contribution in [-0.4, -0.2) is 46.8 Å². The van der Waals surface area contributed by atoms with Gasteiger partial charge in [0.05, 0.1) is 6.20 Å². The predicted octanol–water partition coefficient (Wildman–Crippen LogP) is -0.469. The van der Waals surface area contributed by atoms with Gasteiger partial charge in [0.25, 0.3) is 5.91 Å². The summed E-state index contributed by atoms with van der Waals surface area (Å²) in [7, 11) is 0. The molecule has 0 radical (unpaired) electrons. The molecular formula is C10H17N5O. The molecule has 0 bridgehead atoms. The van der Waals surface area contributed by atoms with Gasteiger partial charge in [0.1, 0.15) is 11.4 Å². The molecule has 88 valence electrons. The summed E-state index contributed by atoms with van der Waals surface area (Å²) in [5.41, 5.74) is 6.38. The number of amides is 1. The van der Waals surface area contributed by atoms with Crippen LogP contribution in [0.5, 0.6) is 0 Å². The van der Waals surface area contributed by atoms with Crippen molar-refractivity contribution in [1.82, 2.24) is 20.0 Å². The Labute approximate surface area is 94.4 Å². The molecule has 0 spiro atoms. The molecule has 0 atom stereocenters. The number of aromatic nitrogens is 2. The molecule has 0 aliphatic carbocycles. The lowest BCUT2D eigenvalue weighted by molar-refractivity contribution is 0.0737. The zero-order valence-corrected chi connectivity index (χ0v) is 9.44. The monoisotopic (exact) mass is 223 g/mol. The normalized spacial score (nSPS) is 16.4. The topological polar surface area (TPSA) is 76.2 Å². The van der Waals surface area contributed by atoms with Crippen LogP contribution in [-0.2, 0) is 6.54 Å². The highest BCUT2D eigenvalue weighted by Gasteiger charge is 2.22. The Morgan fingerprint density at radius 2 is 2.25 bits per heavy atom. The number of hydrogen-bond donors (Lipinski definition) is 2. The summed E-state index contributed by atoms with van der Waals surface area (Å²) in [6.07, 6.45) is 1.56. The highest BCUT2D eigenvalue weighted by molar-refractivity contribution is 5.98. The number of piperazine rings is 1. The van der Waals surface area contributed by atoms with Gasteiger partial charge in [-0.1, -0.05) is 0 Å². The predicted molar refractivity (Wildman–Crippen MR) is 61.1 cm³/mol. The molecule has 0 aromatic carbocycles. The number of carbonyl (C=O) groups is 1. The summed E-state index contributed by atoms with van der Waals surface area (Å²) < 4.78 is 1.63. The molecule has 1 aromatic rings. The minimum atomic E-state index is -0.0151. The van der Waals surface area contributed by atoms with Crippen LogP contribution in [0.25, 0.3) is 0 Å². The standard InChI is InChI=1S/C10H17N5O/c1-2-15-9(11)8(7-13-15)10(16)14-5-3-12-4-6-14/h7,12H,2-6,11H2,1H3. The van der Waals surface area contributed by atoms with E-state index in [0.717, 1.165) is 26.2 Å². The van der Waals surface area contributed by atoms with E-state index in [1.54, 1.807) is 10.9 Å². The van der Waals surface area contributed by atoms with Gasteiger partial charge in [0, 0.05) is 32.7 Å². The van der Waals surface area contributed by atoms with Gasteiger partial charge < -0.3 is 16.0 Å². The van der Waals surface area contributed by atoms with E-state index in [2.05, 4.69) is 10.4 Å². The number of rotatable bonds is 2. The average molecular weight is 223 g/mol. The molecule has 1 saturated heterocycles. The van der Waals surface area contributed by atoms with Gasteiger partial charge in [-0.15, -0.1) is 0 Å². The van der Waals surface area contributed by atoms with Crippen molar-refractivity contribution < 1.29 is 4.79 Å². The third kappa shape index (κ3) is 1.88. The van der Waals surface area contributed by atoms with Crippen LogP contribution in [0.2, 0.25) is 0 Å². The van der Waals surface area contributed by atoms with Crippen LogP contribution in [0.3, 0.4) is 0 Å². The lowest BCUT2D eigenvalue weighted by Crippen LogP contribution is -2.46.